The Morgan fingerprint density at radius 3 is 1.96 bits per heavy atom. The molecule has 1 saturated heterocycles. The van der Waals surface area contributed by atoms with Gasteiger partial charge < -0.3 is 30.1 Å². The van der Waals surface area contributed by atoms with E-state index in [9.17, 15) is 14.7 Å². The average Bonchev–Trinajstić information content (AvgIpc) is 3.62. The molecule has 54 heavy (non-hydrogen) atoms. The Hall–Kier alpha value is -5.55. The van der Waals surface area contributed by atoms with E-state index >= 15 is 4.79 Å². The van der Waals surface area contributed by atoms with Crippen LogP contribution in [0.5, 0.6) is 5.75 Å². The van der Waals surface area contributed by atoms with E-state index in [1.807, 2.05) is 91.0 Å². The lowest BCUT2D eigenvalue weighted by Gasteiger charge is -2.37. The fourth-order valence-corrected chi connectivity index (χ4v) is 12.5. The lowest BCUT2D eigenvalue weighted by molar-refractivity contribution is -0.146. The summed E-state index contributed by atoms with van der Waals surface area (Å²) in [5.41, 5.74) is 3.16. The summed E-state index contributed by atoms with van der Waals surface area (Å²) in [5, 5.41) is 17.5. The summed E-state index contributed by atoms with van der Waals surface area (Å²) >= 11 is 0. The molecule has 0 bridgehead atoms. The van der Waals surface area contributed by atoms with Crippen LogP contribution in [0.15, 0.2) is 127 Å². The van der Waals surface area contributed by atoms with Crippen molar-refractivity contribution < 1.29 is 29.0 Å². The molecule has 5 aromatic rings. The number of nitrogens with zero attached hydrogens (tertiary/aromatic N) is 1. The largest absolute Gasteiger partial charge is 0.497 e. The second kappa shape index (κ2) is 15.1. The lowest BCUT2D eigenvalue weighted by atomic mass is 9.82. The van der Waals surface area contributed by atoms with E-state index in [0.29, 0.717) is 40.2 Å². The van der Waals surface area contributed by atoms with Crippen LogP contribution in [0.4, 0.5) is 17.1 Å². The second-order valence-corrected chi connectivity index (χ2v) is 19.3. The van der Waals surface area contributed by atoms with Gasteiger partial charge in [-0.15, -0.1) is 0 Å². The highest BCUT2D eigenvalue weighted by Crippen LogP contribution is 2.60. The number of nitrogens with one attached hydrogen (secondary N) is 2. The summed E-state index contributed by atoms with van der Waals surface area (Å²) in [5.74, 6) is -0.137. The van der Waals surface area contributed by atoms with Gasteiger partial charge in [0, 0.05) is 40.6 Å². The molecule has 3 N–H and O–H groups in total. The van der Waals surface area contributed by atoms with Gasteiger partial charge in [-0.1, -0.05) is 85.9 Å². The maximum atomic E-state index is 15.2. The predicted octanol–water partition coefficient (Wildman–Crippen LogP) is 7.35. The maximum absolute atomic E-state index is 15.2. The summed E-state index contributed by atoms with van der Waals surface area (Å²) in [4.78, 5) is 43.0. The van der Waals surface area contributed by atoms with Gasteiger partial charge in [0.2, 0.25) is 0 Å². The molecule has 2 aliphatic rings. The first-order chi connectivity index (χ1) is 26.1. The van der Waals surface area contributed by atoms with Crippen molar-refractivity contribution >= 4 is 48.0 Å². The van der Waals surface area contributed by atoms with Crippen molar-refractivity contribution in [2.24, 2.45) is 5.92 Å². The smallest absolute Gasteiger partial charge is 0.264 e. The number of benzene rings is 5. The highest BCUT2D eigenvalue weighted by molar-refractivity contribution is 6.91. The minimum atomic E-state index is -2.38. The zero-order valence-corrected chi connectivity index (χ0v) is 31.9. The van der Waals surface area contributed by atoms with Gasteiger partial charge in [0.1, 0.15) is 5.75 Å². The number of ether oxygens (including phenoxy) is 2. The highest BCUT2D eigenvalue weighted by atomic mass is 28.3. The van der Waals surface area contributed by atoms with Crippen molar-refractivity contribution in [1.29, 1.82) is 0 Å². The van der Waals surface area contributed by atoms with Crippen molar-refractivity contribution in [3.05, 3.63) is 150 Å². The van der Waals surface area contributed by atoms with Crippen molar-refractivity contribution in [2.45, 2.75) is 50.2 Å². The number of aliphatic hydroxyl groups is 1. The number of methoxy groups -OCH3 is 1. The van der Waals surface area contributed by atoms with Crippen molar-refractivity contribution in [1.82, 2.24) is 0 Å². The maximum Gasteiger partial charge on any atom is 0.264 e. The summed E-state index contributed by atoms with van der Waals surface area (Å²) < 4.78 is 12.5. The first kappa shape index (κ1) is 36.8. The molecule has 1 fully saturated rings. The molecule has 2 heterocycles. The van der Waals surface area contributed by atoms with E-state index in [1.165, 1.54) is 5.19 Å². The molecule has 2 aliphatic heterocycles. The molecule has 0 aliphatic carbocycles. The number of fused-ring (bicyclic) bond motifs is 2. The van der Waals surface area contributed by atoms with E-state index in [1.54, 1.807) is 36.3 Å². The third-order valence-electron chi connectivity index (χ3n) is 11.1. The number of anilines is 3. The first-order valence-corrected chi connectivity index (χ1v) is 21.4. The Balaban J connectivity index is 1.25. The Morgan fingerprint density at radius 2 is 1.39 bits per heavy atom. The zero-order valence-electron chi connectivity index (χ0n) is 30.9. The molecule has 5 aromatic carbocycles. The molecule has 0 saturated carbocycles. The standard InChI is InChI=1S/C44H45N3O6Si/c1-29-40(54(3,4)36-22-20-35(52-2)21-23-36)39(25-26-48)53-44(29)37-27-34(46-42(50)32-13-9-6-10-14-32)19-24-38(37)47(43(44)51)28-30-15-17-33(18-16-30)45-41(49)31-11-7-5-8-12-31/h5-24,27,29,39-40,48H,25-26,28H2,1-4H3,(H,45,49)(H,46,50)/t29-,39+,40-,44+/m1/s1. The summed E-state index contributed by atoms with van der Waals surface area (Å²) in [6.45, 7) is 6.89. The predicted molar refractivity (Wildman–Crippen MR) is 214 cm³/mol. The number of amides is 3. The van der Waals surface area contributed by atoms with Gasteiger partial charge in [-0.2, -0.15) is 0 Å². The van der Waals surface area contributed by atoms with Gasteiger partial charge in [-0.25, -0.2) is 0 Å². The lowest BCUT2D eigenvalue weighted by Crippen LogP contribution is -2.51. The average molecular weight is 740 g/mol. The molecule has 10 heteroatoms. The van der Waals surface area contributed by atoms with Gasteiger partial charge in [-0.3, -0.25) is 14.4 Å². The summed E-state index contributed by atoms with van der Waals surface area (Å²) in [6, 6.07) is 39.3. The number of carbonyl (C=O) groups excluding carboxylic acids is 3. The molecule has 276 valence electrons. The van der Waals surface area contributed by atoms with Crippen LogP contribution in [-0.2, 0) is 21.7 Å². The van der Waals surface area contributed by atoms with Crippen molar-refractivity contribution in [3.63, 3.8) is 0 Å². The van der Waals surface area contributed by atoms with Gasteiger partial charge in [0.05, 0.1) is 33.5 Å². The van der Waals surface area contributed by atoms with Crippen LogP contribution >= 0.6 is 0 Å². The molecule has 1 spiro atoms. The third kappa shape index (κ3) is 6.72. The van der Waals surface area contributed by atoms with Gasteiger partial charge >= 0.3 is 0 Å². The van der Waals surface area contributed by atoms with Gasteiger partial charge in [0.15, 0.2) is 5.60 Å². The first-order valence-electron chi connectivity index (χ1n) is 18.3. The number of carbonyl (C=O) groups is 3. The third-order valence-corrected chi connectivity index (χ3v) is 15.5. The Bertz CT molecular complexity index is 2140. The van der Waals surface area contributed by atoms with Gasteiger partial charge in [0.25, 0.3) is 17.7 Å². The van der Waals surface area contributed by atoms with Crippen LogP contribution in [0.3, 0.4) is 0 Å². The fourth-order valence-electron chi connectivity index (χ4n) is 8.41. The highest BCUT2D eigenvalue weighted by Gasteiger charge is 2.66. The van der Waals surface area contributed by atoms with Gasteiger partial charge in [-0.05, 0) is 84.3 Å². The normalized spacial score (nSPS) is 20.5. The Morgan fingerprint density at radius 1 is 0.815 bits per heavy atom. The molecule has 9 nitrogen and oxygen atoms in total. The van der Waals surface area contributed by atoms with Crippen LogP contribution in [0, 0.1) is 5.92 Å². The molecule has 0 radical (unpaired) electrons. The number of hydrogen-bond acceptors (Lipinski definition) is 6. The monoisotopic (exact) mass is 739 g/mol. The second-order valence-electron chi connectivity index (χ2n) is 14.6. The van der Waals surface area contributed by atoms with Crippen LogP contribution in [0.1, 0.15) is 45.2 Å². The number of rotatable bonds is 11. The molecular formula is C44H45N3O6Si. The van der Waals surface area contributed by atoms with Crippen LogP contribution in [0.25, 0.3) is 0 Å². The van der Waals surface area contributed by atoms with E-state index in [4.69, 9.17) is 9.47 Å². The Kier molecular flexibility index (Phi) is 10.3. The quantitative estimate of drug-likeness (QED) is 0.122. The SMILES string of the molecule is COc1ccc([Si](C)(C)[C@H]2[C@H](CCO)O[C@@]3(C(=O)N(Cc4ccc(NC(=O)c5ccccc5)cc4)c4ccc(NC(=O)c5ccccc5)cc43)[C@@H]2C)cc1. The summed E-state index contributed by atoms with van der Waals surface area (Å²) in [7, 11) is -0.733. The topological polar surface area (TPSA) is 117 Å². The van der Waals surface area contributed by atoms with Crippen LogP contribution in [0.2, 0.25) is 18.6 Å². The fraction of sp³-hybridized carbons (Fsp3) is 0.250. The summed E-state index contributed by atoms with van der Waals surface area (Å²) in [6.07, 6.45) is -0.00684. The van der Waals surface area contributed by atoms with E-state index in [0.717, 1.165) is 11.3 Å². The van der Waals surface area contributed by atoms with Crippen molar-refractivity contribution in [3.8, 4) is 5.75 Å². The van der Waals surface area contributed by atoms with E-state index < -0.39 is 13.7 Å². The molecule has 0 unspecified atom stereocenters. The van der Waals surface area contributed by atoms with Crippen molar-refractivity contribution in [2.75, 3.05) is 29.3 Å². The van der Waals surface area contributed by atoms with Crippen LogP contribution in [-0.4, -0.2) is 50.7 Å². The number of aliphatic hydroxyl groups excluding tert-OH is 1. The van der Waals surface area contributed by atoms with Crippen LogP contribution < -0.4 is 25.5 Å². The molecular weight excluding hydrogens is 695 g/mol. The number of hydrogen-bond donors (Lipinski definition) is 3. The minimum Gasteiger partial charge on any atom is -0.497 e. The Labute approximate surface area is 317 Å². The molecule has 7 rings (SSSR count). The molecule has 3 amide bonds. The molecule has 4 atom stereocenters. The zero-order chi connectivity index (χ0) is 38.0. The molecule has 0 aromatic heterocycles. The van der Waals surface area contributed by atoms with E-state index in [2.05, 4.69) is 42.8 Å². The minimum absolute atomic E-state index is 0.0372. The van der Waals surface area contributed by atoms with E-state index in [-0.39, 0.29) is 48.4 Å².